The molecule has 37 heavy (non-hydrogen) atoms. The molecule has 0 aliphatic rings. The van der Waals surface area contributed by atoms with Crippen LogP contribution in [-0.4, -0.2) is 20.9 Å². The fourth-order valence-electron chi connectivity index (χ4n) is 3.81. The van der Waals surface area contributed by atoms with Gasteiger partial charge in [0.2, 0.25) is 5.95 Å². The molecule has 0 atom stereocenters. The number of benzene rings is 3. The Morgan fingerprint density at radius 1 is 0.946 bits per heavy atom. The third kappa shape index (κ3) is 5.13. The third-order valence-corrected chi connectivity index (χ3v) is 5.72. The summed E-state index contributed by atoms with van der Waals surface area (Å²) < 4.78 is 52.5. The largest absolute Gasteiger partial charge is 0.416 e. The highest BCUT2D eigenvalue weighted by atomic mass is 19.4. The van der Waals surface area contributed by atoms with Crippen molar-refractivity contribution in [1.29, 1.82) is 0 Å². The second kappa shape index (κ2) is 9.38. The summed E-state index contributed by atoms with van der Waals surface area (Å²) in [5.41, 5.74) is 3.36. The second-order valence-electron chi connectivity index (χ2n) is 8.33. The molecule has 3 N–H and O–H groups in total. The highest BCUT2D eigenvalue weighted by Gasteiger charge is 2.30. The molecule has 5 rings (SSSR count). The molecule has 5 aromatic rings. The normalized spacial score (nSPS) is 11.5. The van der Waals surface area contributed by atoms with Gasteiger partial charge in [-0.25, -0.2) is 14.4 Å². The zero-order valence-corrected chi connectivity index (χ0v) is 19.3. The lowest BCUT2D eigenvalue weighted by Crippen LogP contribution is -2.14. The van der Waals surface area contributed by atoms with Gasteiger partial charge in [-0.1, -0.05) is 12.1 Å². The minimum absolute atomic E-state index is 0.116. The van der Waals surface area contributed by atoms with E-state index in [2.05, 4.69) is 25.6 Å². The number of H-pyrrole nitrogens is 1. The number of aromatic amines is 1. The van der Waals surface area contributed by atoms with E-state index in [1.807, 2.05) is 6.92 Å². The Kier molecular flexibility index (Phi) is 6.08. The standard InChI is InChI=1S/C27H19F4N5O/c1-15-5-10-20(33-25(37)17-3-2-4-18(13-17)27(29,30)31)14-22(15)35-26-34-21-11-12-32-24(21)23(36-26)16-6-8-19(28)9-7-16/h2-14,32H,1H3,(H,33,37)(H,34,35,36). The van der Waals surface area contributed by atoms with E-state index in [0.29, 0.717) is 33.7 Å². The fourth-order valence-corrected chi connectivity index (χ4v) is 3.81. The van der Waals surface area contributed by atoms with Crippen LogP contribution in [0.1, 0.15) is 21.5 Å². The number of aryl methyl sites for hydroxylation is 1. The van der Waals surface area contributed by atoms with Gasteiger partial charge in [0.1, 0.15) is 5.82 Å². The van der Waals surface area contributed by atoms with Crippen molar-refractivity contribution in [2.24, 2.45) is 0 Å². The Hall–Kier alpha value is -4.73. The maximum absolute atomic E-state index is 13.4. The van der Waals surface area contributed by atoms with Crippen molar-refractivity contribution >= 4 is 34.3 Å². The van der Waals surface area contributed by atoms with E-state index in [-0.39, 0.29) is 17.3 Å². The molecule has 10 heteroatoms. The van der Waals surface area contributed by atoms with Crippen molar-refractivity contribution in [3.63, 3.8) is 0 Å². The van der Waals surface area contributed by atoms with E-state index in [9.17, 15) is 22.4 Å². The van der Waals surface area contributed by atoms with Gasteiger partial charge in [-0.15, -0.1) is 0 Å². The summed E-state index contributed by atoms with van der Waals surface area (Å²) in [6.07, 6.45) is -2.82. The molecule has 0 saturated heterocycles. The first kappa shape index (κ1) is 24.0. The summed E-state index contributed by atoms with van der Waals surface area (Å²) in [5.74, 6) is -0.765. The maximum Gasteiger partial charge on any atom is 0.416 e. The average Bonchev–Trinajstić information content (AvgIpc) is 3.34. The van der Waals surface area contributed by atoms with Gasteiger partial charge < -0.3 is 15.6 Å². The lowest BCUT2D eigenvalue weighted by Gasteiger charge is -2.13. The molecule has 0 aliphatic carbocycles. The van der Waals surface area contributed by atoms with E-state index >= 15 is 0 Å². The van der Waals surface area contributed by atoms with Crippen molar-refractivity contribution in [1.82, 2.24) is 15.0 Å². The van der Waals surface area contributed by atoms with Crippen LogP contribution in [0, 0.1) is 12.7 Å². The Balaban J connectivity index is 1.43. The van der Waals surface area contributed by atoms with Crippen LogP contribution in [-0.2, 0) is 6.18 Å². The Labute approximate surface area is 208 Å². The third-order valence-electron chi connectivity index (χ3n) is 5.72. The van der Waals surface area contributed by atoms with Crippen LogP contribution < -0.4 is 10.6 Å². The summed E-state index contributed by atoms with van der Waals surface area (Å²) in [6.45, 7) is 1.84. The Bertz CT molecular complexity index is 1610. The number of carbonyl (C=O) groups is 1. The van der Waals surface area contributed by atoms with Crippen molar-refractivity contribution in [2.75, 3.05) is 10.6 Å². The summed E-state index contributed by atoms with van der Waals surface area (Å²) in [4.78, 5) is 24.9. The van der Waals surface area contributed by atoms with E-state index in [0.717, 1.165) is 17.7 Å². The van der Waals surface area contributed by atoms with Crippen molar-refractivity contribution in [3.8, 4) is 11.3 Å². The minimum Gasteiger partial charge on any atom is -0.358 e. The van der Waals surface area contributed by atoms with Gasteiger partial charge in [0, 0.05) is 28.7 Å². The minimum atomic E-state index is -4.55. The predicted molar refractivity (Wildman–Crippen MR) is 133 cm³/mol. The summed E-state index contributed by atoms with van der Waals surface area (Å²) in [5, 5.41) is 5.78. The van der Waals surface area contributed by atoms with Gasteiger partial charge in [0.05, 0.1) is 22.3 Å². The zero-order valence-electron chi connectivity index (χ0n) is 19.3. The summed E-state index contributed by atoms with van der Waals surface area (Å²) in [7, 11) is 0. The number of aromatic nitrogens is 3. The first-order valence-corrected chi connectivity index (χ1v) is 11.1. The highest BCUT2D eigenvalue weighted by molar-refractivity contribution is 6.04. The monoisotopic (exact) mass is 505 g/mol. The molecular weight excluding hydrogens is 486 g/mol. The van der Waals surface area contributed by atoms with Gasteiger partial charge in [0.25, 0.3) is 5.91 Å². The average molecular weight is 505 g/mol. The SMILES string of the molecule is Cc1ccc(NC(=O)c2cccc(C(F)(F)F)c2)cc1Nc1nc(-c2ccc(F)cc2)c2[nH]ccc2n1. The molecule has 186 valence electrons. The van der Waals surface area contributed by atoms with Gasteiger partial charge in [-0.2, -0.15) is 13.2 Å². The van der Waals surface area contributed by atoms with Crippen LogP contribution in [0.15, 0.2) is 79.0 Å². The molecule has 1 amide bonds. The van der Waals surface area contributed by atoms with Gasteiger partial charge in [0.15, 0.2) is 0 Å². The van der Waals surface area contributed by atoms with Crippen LogP contribution in [0.3, 0.4) is 0 Å². The first-order valence-electron chi connectivity index (χ1n) is 11.1. The smallest absolute Gasteiger partial charge is 0.358 e. The Morgan fingerprint density at radius 3 is 2.49 bits per heavy atom. The van der Waals surface area contributed by atoms with E-state index in [1.165, 1.54) is 24.3 Å². The number of fused-ring (bicyclic) bond motifs is 1. The number of halogens is 4. The van der Waals surface area contributed by atoms with E-state index in [4.69, 9.17) is 0 Å². The van der Waals surface area contributed by atoms with Gasteiger partial charge in [-0.3, -0.25) is 4.79 Å². The van der Waals surface area contributed by atoms with Crippen molar-refractivity contribution in [2.45, 2.75) is 13.1 Å². The lowest BCUT2D eigenvalue weighted by atomic mass is 10.1. The topological polar surface area (TPSA) is 82.7 Å². The molecule has 2 heterocycles. The molecule has 3 aromatic carbocycles. The van der Waals surface area contributed by atoms with E-state index < -0.39 is 17.6 Å². The zero-order chi connectivity index (χ0) is 26.2. The number of alkyl halides is 3. The lowest BCUT2D eigenvalue weighted by molar-refractivity contribution is -0.137. The molecular formula is C27H19F4N5O. The van der Waals surface area contributed by atoms with Crippen LogP contribution in [0.25, 0.3) is 22.3 Å². The molecule has 0 spiro atoms. The second-order valence-corrected chi connectivity index (χ2v) is 8.33. The first-order chi connectivity index (χ1) is 17.7. The molecule has 0 saturated carbocycles. The summed E-state index contributed by atoms with van der Waals surface area (Å²) in [6, 6.07) is 17.0. The van der Waals surface area contributed by atoms with Crippen LogP contribution >= 0.6 is 0 Å². The summed E-state index contributed by atoms with van der Waals surface area (Å²) >= 11 is 0. The van der Waals surface area contributed by atoms with E-state index in [1.54, 1.807) is 42.6 Å². The quantitative estimate of drug-likeness (QED) is 0.223. The molecule has 2 aromatic heterocycles. The maximum atomic E-state index is 13.4. The number of hydrogen-bond donors (Lipinski definition) is 3. The number of nitrogens with zero attached hydrogens (tertiary/aromatic N) is 2. The van der Waals surface area contributed by atoms with Crippen molar-refractivity contribution in [3.05, 3.63) is 102 Å². The number of rotatable bonds is 5. The molecule has 0 unspecified atom stereocenters. The number of nitrogens with one attached hydrogen (secondary N) is 3. The number of carbonyl (C=O) groups excluding carboxylic acids is 1. The molecule has 0 aliphatic heterocycles. The van der Waals surface area contributed by atoms with Gasteiger partial charge in [-0.05, 0) is 73.2 Å². The van der Waals surface area contributed by atoms with Crippen LogP contribution in [0.4, 0.5) is 34.9 Å². The van der Waals surface area contributed by atoms with Crippen molar-refractivity contribution < 1.29 is 22.4 Å². The fraction of sp³-hybridized carbons (Fsp3) is 0.0741. The molecule has 0 bridgehead atoms. The number of anilines is 3. The van der Waals surface area contributed by atoms with Crippen LogP contribution in [0.5, 0.6) is 0 Å². The van der Waals surface area contributed by atoms with Crippen LogP contribution in [0.2, 0.25) is 0 Å². The molecule has 6 nitrogen and oxygen atoms in total. The highest BCUT2D eigenvalue weighted by Crippen LogP contribution is 2.31. The van der Waals surface area contributed by atoms with Gasteiger partial charge >= 0.3 is 6.18 Å². The predicted octanol–water partition coefficient (Wildman–Crippen LogP) is 7.09. The molecule has 0 radical (unpaired) electrons. The Morgan fingerprint density at radius 2 is 1.73 bits per heavy atom. The molecule has 0 fully saturated rings. The number of hydrogen-bond acceptors (Lipinski definition) is 4. The number of amides is 1.